The van der Waals surface area contributed by atoms with Crippen molar-refractivity contribution in [2.45, 2.75) is 51.4 Å². The van der Waals surface area contributed by atoms with Gasteiger partial charge in [0, 0.05) is 20.3 Å². The molecule has 0 spiro atoms. The summed E-state index contributed by atoms with van der Waals surface area (Å²) in [6, 6.07) is 0. The zero-order valence-electron chi connectivity index (χ0n) is 10.9. The molecular weight excluding hydrogens is 236 g/mol. The molecule has 0 bridgehead atoms. The number of carbonyl (C=O) groups excluding carboxylic acids is 2. The summed E-state index contributed by atoms with van der Waals surface area (Å²) in [5, 5.41) is 0. The third kappa shape index (κ3) is 5.31. The molecule has 1 saturated heterocycles. The van der Waals surface area contributed by atoms with E-state index in [-0.39, 0.29) is 36.9 Å². The van der Waals surface area contributed by atoms with E-state index in [1.165, 1.54) is 13.8 Å². The summed E-state index contributed by atoms with van der Waals surface area (Å²) < 4.78 is 15.7. The summed E-state index contributed by atoms with van der Waals surface area (Å²) in [6.07, 6.45) is 3.57. The molecular formula is C13H20O5. The molecule has 0 aromatic rings. The van der Waals surface area contributed by atoms with Crippen LogP contribution in [-0.4, -0.2) is 36.9 Å². The Morgan fingerprint density at radius 3 is 2.56 bits per heavy atom. The molecule has 0 aliphatic carbocycles. The van der Waals surface area contributed by atoms with Crippen LogP contribution in [0.4, 0.5) is 0 Å². The van der Waals surface area contributed by atoms with Gasteiger partial charge in [-0.15, -0.1) is 0 Å². The van der Waals surface area contributed by atoms with E-state index in [0.29, 0.717) is 6.42 Å². The van der Waals surface area contributed by atoms with Gasteiger partial charge in [0.2, 0.25) is 0 Å². The highest BCUT2D eigenvalue weighted by Crippen LogP contribution is 2.24. The number of ether oxygens (including phenoxy) is 3. The smallest absolute Gasteiger partial charge is 0.303 e. The molecule has 0 amide bonds. The number of carbonyl (C=O) groups is 2. The Labute approximate surface area is 107 Å². The average Bonchev–Trinajstić information content (AvgIpc) is 2.72. The average molecular weight is 256 g/mol. The molecule has 1 rings (SSSR count). The number of hydrogen-bond donors (Lipinski definition) is 0. The molecule has 102 valence electrons. The molecule has 0 aromatic heterocycles. The first-order chi connectivity index (χ1) is 8.51. The summed E-state index contributed by atoms with van der Waals surface area (Å²) in [5.41, 5.74) is 0. The summed E-state index contributed by atoms with van der Waals surface area (Å²) in [4.78, 5) is 21.5. The van der Waals surface area contributed by atoms with Crippen molar-refractivity contribution >= 4 is 11.9 Å². The van der Waals surface area contributed by atoms with Crippen molar-refractivity contribution in [3.8, 4) is 0 Å². The van der Waals surface area contributed by atoms with Gasteiger partial charge in [-0.2, -0.15) is 0 Å². The largest absolute Gasteiger partial charge is 0.463 e. The van der Waals surface area contributed by atoms with Crippen molar-refractivity contribution < 1.29 is 23.8 Å². The van der Waals surface area contributed by atoms with Crippen LogP contribution in [0.15, 0.2) is 12.7 Å². The second-order valence-corrected chi connectivity index (χ2v) is 4.38. The highest BCUT2D eigenvalue weighted by Gasteiger charge is 2.28. The predicted molar refractivity (Wildman–Crippen MR) is 64.9 cm³/mol. The molecule has 0 saturated carbocycles. The maximum Gasteiger partial charge on any atom is 0.303 e. The van der Waals surface area contributed by atoms with Gasteiger partial charge in [0.05, 0.1) is 12.2 Å². The summed E-state index contributed by atoms with van der Waals surface area (Å²) >= 11 is 0. The van der Waals surface area contributed by atoms with Crippen LogP contribution in [0.3, 0.4) is 0 Å². The van der Waals surface area contributed by atoms with Crippen LogP contribution < -0.4 is 0 Å². The van der Waals surface area contributed by atoms with Crippen molar-refractivity contribution in [2.24, 2.45) is 0 Å². The van der Waals surface area contributed by atoms with Crippen LogP contribution in [0.2, 0.25) is 0 Å². The van der Waals surface area contributed by atoms with Gasteiger partial charge in [-0.25, -0.2) is 0 Å². The van der Waals surface area contributed by atoms with Gasteiger partial charge in [0.25, 0.3) is 0 Å². The molecule has 1 heterocycles. The highest BCUT2D eigenvalue weighted by atomic mass is 16.6. The summed E-state index contributed by atoms with van der Waals surface area (Å²) in [6.45, 7) is 6.67. The Bertz CT molecular complexity index is 313. The predicted octanol–water partition coefficient (Wildman–Crippen LogP) is 1.60. The van der Waals surface area contributed by atoms with Crippen molar-refractivity contribution in [2.75, 3.05) is 6.61 Å². The molecule has 0 radical (unpaired) electrons. The van der Waals surface area contributed by atoms with Crippen LogP contribution in [0.1, 0.15) is 33.1 Å². The first kappa shape index (κ1) is 14.7. The summed E-state index contributed by atoms with van der Waals surface area (Å²) in [7, 11) is 0. The first-order valence-corrected chi connectivity index (χ1v) is 6.10. The minimum absolute atomic E-state index is 0.0212. The number of esters is 2. The lowest BCUT2D eigenvalue weighted by Crippen LogP contribution is -2.23. The zero-order valence-corrected chi connectivity index (χ0v) is 10.9. The minimum atomic E-state index is -0.325. The van der Waals surface area contributed by atoms with E-state index < -0.39 is 0 Å². The lowest BCUT2D eigenvalue weighted by Gasteiger charge is -2.18. The fraction of sp³-hybridized carbons (Fsp3) is 0.692. The maximum absolute atomic E-state index is 10.9. The van der Waals surface area contributed by atoms with Crippen LogP contribution in [0, 0.1) is 0 Å². The normalized spacial score (nSPS) is 24.3. The van der Waals surface area contributed by atoms with E-state index in [1.54, 1.807) is 6.08 Å². The summed E-state index contributed by atoms with van der Waals surface area (Å²) in [5.74, 6) is -0.625. The van der Waals surface area contributed by atoms with Crippen LogP contribution in [0.25, 0.3) is 0 Å². The van der Waals surface area contributed by atoms with Crippen LogP contribution in [0.5, 0.6) is 0 Å². The second-order valence-electron chi connectivity index (χ2n) is 4.38. The fourth-order valence-corrected chi connectivity index (χ4v) is 1.95. The van der Waals surface area contributed by atoms with Gasteiger partial charge in [-0.05, 0) is 12.8 Å². The Kier molecular flexibility index (Phi) is 5.85. The topological polar surface area (TPSA) is 61.8 Å². The van der Waals surface area contributed by atoms with Crippen molar-refractivity contribution in [1.82, 2.24) is 0 Å². The molecule has 1 fully saturated rings. The lowest BCUT2D eigenvalue weighted by molar-refractivity contribution is -0.148. The van der Waals surface area contributed by atoms with E-state index in [1.807, 2.05) is 0 Å². The van der Waals surface area contributed by atoms with E-state index in [0.717, 1.165) is 12.8 Å². The quantitative estimate of drug-likeness (QED) is 0.533. The van der Waals surface area contributed by atoms with Crippen LogP contribution in [-0.2, 0) is 23.8 Å². The Balaban J connectivity index is 2.30. The van der Waals surface area contributed by atoms with Gasteiger partial charge < -0.3 is 14.2 Å². The monoisotopic (exact) mass is 256 g/mol. The van der Waals surface area contributed by atoms with E-state index in [2.05, 4.69) is 6.58 Å². The van der Waals surface area contributed by atoms with Crippen molar-refractivity contribution in [3.05, 3.63) is 12.7 Å². The Hall–Kier alpha value is -1.36. The molecule has 5 nitrogen and oxygen atoms in total. The standard InChI is InChI=1S/C13H20O5/c1-4-11(17-10(3)15)7-12-5-6-13(18-12)8-16-9(2)14/h4,11-13H,1,5-8H2,2-3H3/t11-,12+,13+/m1/s1. The second kappa shape index (κ2) is 7.16. The van der Waals surface area contributed by atoms with Crippen molar-refractivity contribution in [3.63, 3.8) is 0 Å². The fourth-order valence-electron chi connectivity index (χ4n) is 1.95. The number of hydrogen-bond acceptors (Lipinski definition) is 5. The molecule has 18 heavy (non-hydrogen) atoms. The highest BCUT2D eigenvalue weighted by molar-refractivity contribution is 5.66. The lowest BCUT2D eigenvalue weighted by atomic mass is 10.1. The molecule has 5 heteroatoms. The zero-order chi connectivity index (χ0) is 13.5. The first-order valence-electron chi connectivity index (χ1n) is 6.10. The molecule has 0 aromatic carbocycles. The molecule has 1 aliphatic heterocycles. The van der Waals surface area contributed by atoms with Gasteiger partial charge >= 0.3 is 11.9 Å². The van der Waals surface area contributed by atoms with Gasteiger partial charge in [0.1, 0.15) is 12.7 Å². The Morgan fingerprint density at radius 2 is 2.00 bits per heavy atom. The van der Waals surface area contributed by atoms with E-state index in [4.69, 9.17) is 14.2 Å². The Morgan fingerprint density at radius 1 is 1.33 bits per heavy atom. The minimum Gasteiger partial charge on any atom is -0.463 e. The van der Waals surface area contributed by atoms with Crippen LogP contribution >= 0.6 is 0 Å². The SMILES string of the molecule is C=C[C@H](C[C@@H]1CC[C@@H](COC(C)=O)O1)OC(C)=O. The van der Waals surface area contributed by atoms with Gasteiger partial charge in [-0.3, -0.25) is 9.59 Å². The number of rotatable bonds is 6. The van der Waals surface area contributed by atoms with E-state index in [9.17, 15) is 9.59 Å². The molecule has 0 N–H and O–H groups in total. The third-order valence-corrected chi connectivity index (χ3v) is 2.74. The third-order valence-electron chi connectivity index (χ3n) is 2.74. The van der Waals surface area contributed by atoms with Crippen molar-refractivity contribution in [1.29, 1.82) is 0 Å². The molecule has 3 atom stereocenters. The van der Waals surface area contributed by atoms with Gasteiger partial charge in [-0.1, -0.05) is 12.7 Å². The molecule has 1 aliphatic rings. The van der Waals surface area contributed by atoms with E-state index >= 15 is 0 Å². The van der Waals surface area contributed by atoms with Gasteiger partial charge in [0.15, 0.2) is 0 Å². The maximum atomic E-state index is 10.9. The molecule has 0 unspecified atom stereocenters.